The van der Waals surface area contributed by atoms with Crippen LogP contribution in [0, 0.1) is 5.92 Å². The highest BCUT2D eigenvalue weighted by atomic mass is 32.2. The number of alkyl halides is 3. The summed E-state index contributed by atoms with van der Waals surface area (Å²) in [5.41, 5.74) is 2.00. The maximum atomic E-state index is 14.4. The van der Waals surface area contributed by atoms with Crippen molar-refractivity contribution in [2.75, 3.05) is 27.1 Å². The second kappa shape index (κ2) is 25.0. The summed E-state index contributed by atoms with van der Waals surface area (Å²) >= 11 is 1.53. The number of thioether (sulfide) groups is 1. The molecule has 2 aliphatic rings. The standard InChI is InChI=1S/C56H68F3NO10SSi/c1-9-45-49(64-34-39-25-29-41(62-6)30-26-39)51(66-35-40-27-31-42(63-7)32-28-40)47(60-54(61)56(57,58)59)52(68-45)67-36-46-50(65-33-38-19-13-10-14-20-38)48(37(2)53(69-46)71-8)70-72(55(3,4)5,43-21-15-11-16-22-43)44-23-17-12-18-24-44/h10-32,37,45-53H,9,33-36H2,1-8H3,(H,60,61)/t37?,45?,46?,47?,48-,49+,50+,51-,52-,53+/m1/s1. The Labute approximate surface area is 427 Å². The second-order valence-corrected chi connectivity index (χ2v) is 24.4. The van der Waals surface area contributed by atoms with Gasteiger partial charge in [-0.1, -0.05) is 150 Å². The molecule has 10 atom stereocenters. The van der Waals surface area contributed by atoms with E-state index in [-0.39, 0.29) is 37.4 Å². The molecule has 2 aliphatic heterocycles. The summed E-state index contributed by atoms with van der Waals surface area (Å²) in [6.07, 6.45) is -9.48. The largest absolute Gasteiger partial charge is 0.497 e. The van der Waals surface area contributed by atoms with E-state index in [0.29, 0.717) is 23.5 Å². The molecule has 388 valence electrons. The lowest BCUT2D eigenvalue weighted by Gasteiger charge is -2.52. The monoisotopic (exact) mass is 1030 g/mol. The van der Waals surface area contributed by atoms with Gasteiger partial charge in [0, 0.05) is 5.92 Å². The summed E-state index contributed by atoms with van der Waals surface area (Å²) < 4.78 is 102. The zero-order chi connectivity index (χ0) is 51.5. The van der Waals surface area contributed by atoms with Gasteiger partial charge >= 0.3 is 12.1 Å². The van der Waals surface area contributed by atoms with E-state index in [1.807, 2.05) is 92.0 Å². The fourth-order valence-corrected chi connectivity index (χ4v) is 15.3. The molecule has 1 amide bonds. The number of carbonyl (C=O) groups is 1. The van der Waals surface area contributed by atoms with E-state index in [4.69, 9.17) is 42.3 Å². The first kappa shape index (κ1) is 55.0. The van der Waals surface area contributed by atoms with Crippen LogP contribution in [0.4, 0.5) is 13.2 Å². The summed E-state index contributed by atoms with van der Waals surface area (Å²) in [6.45, 7) is 10.6. The maximum absolute atomic E-state index is 14.4. The number of benzene rings is 5. The Morgan fingerprint density at radius 2 is 1.08 bits per heavy atom. The summed E-state index contributed by atoms with van der Waals surface area (Å²) in [4.78, 5) is 13.1. The fraction of sp³-hybridized carbons (Fsp3) is 0.446. The first-order valence-corrected chi connectivity index (χ1v) is 27.6. The lowest BCUT2D eigenvalue weighted by molar-refractivity contribution is -0.296. The molecule has 0 saturated carbocycles. The van der Waals surface area contributed by atoms with Gasteiger partial charge < -0.3 is 47.6 Å². The molecule has 0 bridgehead atoms. The molecule has 0 aromatic heterocycles. The van der Waals surface area contributed by atoms with E-state index in [2.05, 4.69) is 57.3 Å². The van der Waals surface area contributed by atoms with Gasteiger partial charge in [-0.2, -0.15) is 13.2 Å². The van der Waals surface area contributed by atoms with Gasteiger partial charge in [-0.15, -0.1) is 11.8 Å². The van der Waals surface area contributed by atoms with Crippen LogP contribution in [-0.2, 0) is 57.5 Å². The van der Waals surface area contributed by atoms with Crippen LogP contribution in [0.15, 0.2) is 140 Å². The lowest BCUT2D eigenvalue weighted by atomic mass is 9.93. The molecule has 0 spiro atoms. The number of ether oxygens (including phenoxy) is 8. The van der Waals surface area contributed by atoms with Crippen LogP contribution in [0.3, 0.4) is 0 Å². The molecule has 72 heavy (non-hydrogen) atoms. The van der Waals surface area contributed by atoms with Crippen molar-refractivity contribution in [2.45, 2.75) is 126 Å². The molecule has 7 rings (SSSR count). The minimum absolute atomic E-state index is 0.0473. The Kier molecular flexibility index (Phi) is 19.1. The van der Waals surface area contributed by atoms with Crippen LogP contribution >= 0.6 is 11.8 Å². The second-order valence-electron chi connectivity index (χ2n) is 19.2. The van der Waals surface area contributed by atoms with Crippen LogP contribution in [0.1, 0.15) is 57.7 Å². The average molecular weight is 1030 g/mol. The Balaban J connectivity index is 1.27. The van der Waals surface area contributed by atoms with Gasteiger partial charge in [0.05, 0.1) is 52.9 Å². The SMILES string of the molecule is CCC1O[C@@H](OCC2O[C@@H](SC)C(C)[C@@H](O[Si](c3ccccc3)(c3ccccc3)C(C)(C)C)[C@H]2OCc2ccccc2)C(NC(=O)C(F)(F)F)[C@@H](OCc2ccc(OC)cc2)[C@H]1OCc1ccc(OC)cc1. The predicted molar refractivity (Wildman–Crippen MR) is 275 cm³/mol. The van der Waals surface area contributed by atoms with Gasteiger partial charge in [0.2, 0.25) is 0 Å². The van der Waals surface area contributed by atoms with Crippen molar-refractivity contribution in [2.24, 2.45) is 5.92 Å². The molecule has 2 saturated heterocycles. The highest BCUT2D eigenvalue weighted by Gasteiger charge is 2.57. The number of halogens is 3. The topological polar surface area (TPSA) is 112 Å². The lowest BCUT2D eigenvalue weighted by Crippen LogP contribution is -2.71. The van der Waals surface area contributed by atoms with Crippen molar-refractivity contribution in [3.05, 3.63) is 156 Å². The molecule has 2 heterocycles. The third-order valence-electron chi connectivity index (χ3n) is 13.4. The van der Waals surface area contributed by atoms with E-state index in [1.165, 1.54) is 11.8 Å². The average Bonchev–Trinajstić information content (AvgIpc) is 3.39. The fourth-order valence-electron chi connectivity index (χ4n) is 9.66. The van der Waals surface area contributed by atoms with Crippen molar-refractivity contribution in [3.8, 4) is 11.5 Å². The van der Waals surface area contributed by atoms with Gasteiger partial charge in [0.15, 0.2) is 6.29 Å². The Morgan fingerprint density at radius 3 is 1.53 bits per heavy atom. The zero-order valence-corrected chi connectivity index (χ0v) is 44.0. The maximum Gasteiger partial charge on any atom is 0.471 e. The van der Waals surface area contributed by atoms with Crippen LogP contribution in [-0.4, -0.2) is 102 Å². The van der Waals surface area contributed by atoms with Crippen LogP contribution in [0.5, 0.6) is 11.5 Å². The molecule has 2 fully saturated rings. The van der Waals surface area contributed by atoms with Crippen molar-refractivity contribution in [1.29, 1.82) is 0 Å². The zero-order valence-electron chi connectivity index (χ0n) is 42.2. The highest BCUT2D eigenvalue weighted by Crippen LogP contribution is 2.43. The molecular weight excluding hydrogens is 964 g/mol. The number of hydrogen-bond donors (Lipinski definition) is 1. The van der Waals surface area contributed by atoms with Gasteiger partial charge in [-0.25, -0.2) is 0 Å². The molecule has 11 nitrogen and oxygen atoms in total. The molecule has 0 radical (unpaired) electrons. The van der Waals surface area contributed by atoms with E-state index >= 15 is 0 Å². The molecule has 4 unspecified atom stereocenters. The van der Waals surface area contributed by atoms with Crippen LogP contribution in [0.2, 0.25) is 5.04 Å². The van der Waals surface area contributed by atoms with E-state index in [9.17, 15) is 18.0 Å². The molecule has 5 aromatic carbocycles. The summed E-state index contributed by atoms with van der Waals surface area (Å²) in [5, 5.41) is 4.01. The summed E-state index contributed by atoms with van der Waals surface area (Å²) in [6, 6.07) is 43.4. The predicted octanol–water partition coefficient (Wildman–Crippen LogP) is 9.63. The summed E-state index contributed by atoms with van der Waals surface area (Å²) in [7, 11) is -0.100. The van der Waals surface area contributed by atoms with Crippen molar-refractivity contribution >= 4 is 36.4 Å². The van der Waals surface area contributed by atoms with Gasteiger partial charge in [-0.05, 0) is 69.0 Å². The minimum Gasteiger partial charge on any atom is -0.497 e. The first-order chi connectivity index (χ1) is 34.6. The van der Waals surface area contributed by atoms with Crippen molar-refractivity contribution in [3.63, 3.8) is 0 Å². The Bertz CT molecular complexity index is 2380. The number of methoxy groups -OCH3 is 2. The minimum atomic E-state index is -5.25. The Morgan fingerprint density at radius 1 is 0.625 bits per heavy atom. The Hall–Kier alpha value is -4.75. The smallest absolute Gasteiger partial charge is 0.471 e. The number of hydrogen-bond acceptors (Lipinski definition) is 11. The third-order valence-corrected chi connectivity index (χ3v) is 19.5. The number of nitrogens with one attached hydrogen (secondary N) is 1. The van der Waals surface area contributed by atoms with E-state index < -0.39 is 74.8 Å². The van der Waals surface area contributed by atoms with E-state index in [0.717, 1.165) is 21.5 Å². The number of rotatable bonds is 21. The number of carbonyl (C=O) groups excluding carboxylic acids is 1. The van der Waals surface area contributed by atoms with Gasteiger partial charge in [-0.3, -0.25) is 4.79 Å². The number of amides is 1. The molecule has 5 aromatic rings. The normalized spacial score (nSPS) is 24.9. The highest BCUT2D eigenvalue weighted by molar-refractivity contribution is 7.99. The third kappa shape index (κ3) is 13.1. The van der Waals surface area contributed by atoms with Crippen LogP contribution < -0.4 is 25.2 Å². The van der Waals surface area contributed by atoms with Gasteiger partial charge in [0.25, 0.3) is 8.32 Å². The molecule has 16 heteroatoms. The van der Waals surface area contributed by atoms with E-state index in [1.54, 1.807) is 50.6 Å². The van der Waals surface area contributed by atoms with Crippen LogP contribution in [0.25, 0.3) is 0 Å². The summed E-state index contributed by atoms with van der Waals surface area (Å²) in [5.74, 6) is -1.13. The van der Waals surface area contributed by atoms with Crippen molar-refractivity contribution < 1.29 is 60.3 Å². The molecular formula is C56H68F3NO10SSi. The van der Waals surface area contributed by atoms with Gasteiger partial charge in [0.1, 0.15) is 47.4 Å². The molecule has 1 N–H and O–H groups in total. The van der Waals surface area contributed by atoms with Crippen molar-refractivity contribution in [1.82, 2.24) is 5.32 Å². The first-order valence-electron chi connectivity index (χ1n) is 24.4. The molecule has 0 aliphatic carbocycles. The quantitative estimate of drug-likeness (QED) is 0.0710.